The zero-order chi connectivity index (χ0) is 16.1. The lowest BCUT2D eigenvalue weighted by molar-refractivity contribution is -0.137. The summed E-state index contributed by atoms with van der Waals surface area (Å²) in [4.78, 5) is 37.5. The molecule has 0 saturated carbocycles. The van der Waals surface area contributed by atoms with Gasteiger partial charge in [0, 0.05) is 38.7 Å². The molecule has 2 rings (SSSR count). The maximum Gasteiger partial charge on any atom is 0.305 e. The molecule has 0 aliphatic carbocycles. The second kappa shape index (κ2) is 7.06. The van der Waals surface area contributed by atoms with Gasteiger partial charge in [0.2, 0.25) is 5.91 Å². The number of carboxylic acids is 1. The molecule has 0 unspecified atom stereocenters. The van der Waals surface area contributed by atoms with Crippen LogP contribution in [0.2, 0.25) is 0 Å². The van der Waals surface area contributed by atoms with Gasteiger partial charge < -0.3 is 14.9 Å². The predicted molar refractivity (Wildman–Crippen MR) is 80.3 cm³/mol. The minimum Gasteiger partial charge on any atom is -0.481 e. The molecule has 1 aromatic rings. The maximum atomic E-state index is 12.1. The summed E-state index contributed by atoms with van der Waals surface area (Å²) < 4.78 is 0. The van der Waals surface area contributed by atoms with Crippen molar-refractivity contribution in [1.82, 2.24) is 9.80 Å². The number of carbonyl (C=O) groups excluding carboxylic acids is 2. The molecule has 1 aliphatic heterocycles. The predicted octanol–water partition coefficient (Wildman–Crippen LogP) is 1.36. The molecular formula is C16H20N2O4. The monoisotopic (exact) mass is 304 g/mol. The highest BCUT2D eigenvalue weighted by molar-refractivity contribution is 5.94. The Bertz CT molecular complexity index is 568. The molecular weight excluding hydrogens is 284 g/mol. The first kappa shape index (κ1) is 16.0. The van der Waals surface area contributed by atoms with E-state index in [2.05, 4.69) is 0 Å². The summed E-state index contributed by atoms with van der Waals surface area (Å²) in [6, 6.07) is 7.11. The first-order valence-corrected chi connectivity index (χ1v) is 7.31. The van der Waals surface area contributed by atoms with Crippen molar-refractivity contribution in [3.8, 4) is 0 Å². The van der Waals surface area contributed by atoms with Crippen molar-refractivity contribution in [1.29, 1.82) is 0 Å². The minimum absolute atomic E-state index is 0.0720. The molecule has 118 valence electrons. The number of rotatable bonds is 6. The van der Waals surface area contributed by atoms with E-state index in [1.807, 2.05) is 17.0 Å². The number of hydrogen-bond donors (Lipinski definition) is 1. The van der Waals surface area contributed by atoms with Crippen LogP contribution in [0.25, 0.3) is 0 Å². The summed E-state index contributed by atoms with van der Waals surface area (Å²) in [5.74, 6) is -0.955. The minimum atomic E-state index is -0.926. The van der Waals surface area contributed by atoms with Gasteiger partial charge in [-0.15, -0.1) is 0 Å². The Kier molecular flexibility index (Phi) is 5.14. The van der Waals surface area contributed by atoms with Crippen LogP contribution in [0.1, 0.15) is 35.2 Å². The van der Waals surface area contributed by atoms with Crippen molar-refractivity contribution in [2.24, 2.45) is 0 Å². The average molecular weight is 304 g/mol. The van der Waals surface area contributed by atoms with Crippen LogP contribution in [-0.2, 0) is 16.1 Å². The van der Waals surface area contributed by atoms with Crippen LogP contribution in [0.5, 0.6) is 0 Å². The van der Waals surface area contributed by atoms with Gasteiger partial charge in [0.25, 0.3) is 5.91 Å². The molecule has 1 aliphatic rings. The number of carboxylic acid groups (broad SMARTS) is 1. The third-order valence-corrected chi connectivity index (χ3v) is 3.75. The van der Waals surface area contributed by atoms with Gasteiger partial charge in [-0.25, -0.2) is 0 Å². The highest BCUT2D eigenvalue weighted by Crippen LogP contribution is 2.15. The van der Waals surface area contributed by atoms with Crippen LogP contribution in [0.4, 0.5) is 0 Å². The Morgan fingerprint density at radius 1 is 1.27 bits per heavy atom. The summed E-state index contributed by atoms with van der Waals surface area (Å²) in [5.41, 5.74) is 1.50. The standard InChI is InChI=1S/C16H20N2O4/c1-17(10-8-15(20)21)16(22)13-6-4-12(5-7-13)11-18-9-2-3-14(18)19/h4-7H,2-3,8-11H2,1H3,(H,20,21). The molecule has 0 spiro atoms. The Balaban J connectivity index is 1.94. The largest absolute Gasteiger partial charge is 0.481 e. The fourth-order valence-electron chi connectivity index (χ4n) is 2.43. The van der Waals surface area contributed by atoms with Crippen LogP contribution >= 0.6 is 0 Å². The Labute approximate surface area is 129 Å². The first-order valence-electron chi connectivity index (χ1n) is 7.31. The van der Waals surface area contributed by atoms with Crippen molar-refractivity contribution in [3.05, 3.63) is 35.4 Å². The van der Waals surface area contributed by atoms with E-state index in [0.29, 0.717) is 18.5 Å². The van der Waals surface area contributed by atoms with Gasteiger partial charge in [-0.1, -0.05) is 12.1 Å². The Morgan fingerprint density at radius 3 is 2.50 bits per heavy atom. The van der Waals surface area contributed by atoms with E-state index in [1.165, 1.54) is 4.90 Å². The van der Waals surface area contributed by atoms with Crippen LogP contribution in [0.3, 0.4) is 0 Å². The number of nitrogens with zero attached hydrogens (tertiary/aromatic N) is 2. The molecule has 0 atom stereocenters. The molecule has 0 aromatic heterocycles. The number of aliphatic carboxylic acids is 1. The fourth-order valence-corrected chi connectivity index (χ4v) is 2.43. The zero-order valence-corrected chi connectivity index (χ0v) is 12.6. The Hall–Kier alpha value is -2.37. The lowest BCUT2D eigenvalue weighted by Crippen LogP contribution is -2.29. The summed E-state index contributed by atoms with van der Waals surface area (Å²) in [5, 5.41) is 8.64. The maximum absolute atomic E-state index is 12.1. The summed E-state index contributed by atoms with van der Waals surface area (Å²) in [7, 11) is 1.59. The molecule has 1 heterocycles. The van der Waals surface area contributed by atoms with Crippen molar-refractivity contribution in [3.63, 3.8) is 0 Å². The van der Waals surface area contributed by atoms with Gasteiger partial charge in [0.05, 0.1) is 6.42 Å². The lowest BCUT2D eigenvalue weighted by atomic mass is 10.1. The van der Waals surface area contributed by atoms with Gasteiger partial charge in [-0.05, 0) is 24.1 Å². The van der Waals surface area contributed by atoms with E-state index < -0.39 is 5.97 Å². The molecule has 6 nitrogen and oxygen atoms in total. The van der Waals surface area contributed by atoms with Crippen molar-refractivity contribution >= 4 is 17.8 Å². The third kappa shape index (κ3) is 4.07. The van der Waals surface area contributed by atoms with E-state index >= 15 is 0 Å². The van der Waals surface area contributed by atoms with Crippen molar-refractivity contribution in [2.45, 2.75) is 25.8 Å². The topological polar surface area (TPSA) is 77.9 Å². The van der Waals surface area contributed by atoms with Gasteiger partial charge in [-0.2, -0.15) is 0 Å². The zero-order valence-electron chi connectivity index (χ0n) is 12.6. The summed E-state index contributed by atoms with van der Waals surface area (Å²) >= 11 is 0. The summed E-state index contributed by atoms with van der Waals surface area (Å²) in [6.45, 7) is 1.54. The molecule has 6 heteroatoms. The smallest absolute Gasteiger partial charge is 0.305 e. The normalized spacial score (nSPS) is 14.2. The third-order valence-electron chi connectivity index (χ3n) is 3.75. The lowest BCUT2D eigenvalue weighted by Gasteiger charge is -2.17. The van der Waals surface area contributed by atoms with Gasteiger partial charge in [-0.3, -0.25) is 14.4 Å². The molecule has 22 heavy (non-hydrogen) atoms. The van der Waals surface area contributed by atoms with Crippen LogP contribution in [-0.4, -0.2) is 52.8 Å². The van der Waals surface area contributed by atoms with E-state index in [4.69, 9.17) is 5.11 Å². The fraction of sp³-hybridized carbons (Fsp3) is 0.438. The van der Waals surface area contributed by atoms with E-state index in [9.17, 15) is 14.4 Å². The Morgan fingerprint density at radius 2 is 1.95 bits per heavy atom. The van der Waals surface area contributed by atoms with E-state index in [-0.39, 0.29) is 24.8 Å². The van der Waals surface area contributed by atoms with Gasteiger partial charge in [0.1, 0.15) is 0 Å². The molecule has 0 bridgehead atoms. The molecule has 1 fully saturated rings. The van der Waals surface area contributed by atoms with Gasteiger partial charge >= 0.3 is 5.97 Å². The van der Waals surface area contributed by atoms with Crippen LogP contribution in [0.15, 0.2) is 24.3 Å². The number of likely N-dealkylation sites (tertiary alicyclic amines) is 1. The quantitative estimate of drug-likeness (QED) is 0.860. The second-order valence-corrected chi connectivity index (χ2v) is 5.49. The van der Waals surface area contributed by atoms with Crippen molar-refractivity contribution in [2.75, 3.05) is 20.1 Å². The number of hydrogen-bond acceptors (Lipinski definition) is 3. The molecule has 1 aromatic carbocycles. The number of amides is 2. The van der Waals surface area contributed by atoms with Crippen molar-refractivity contribution < 1.29 is 19.5 Å². The SMILES string of the molecule is CN(CCC(=O)O)C(=O)c1ccc(CN2CCCC2=O)cc1. The highest BCUT2D eigenvalue weighted by atomic mass is 16.4. The van der Waals surface area contributed by atoms with Crippen LogP contribution in [0, 0.1) is 0 Å². The molecule has 1 N–H and O–H groups in total. The highest BCUT2D eigenvalue weighted by Gasteiger charge is 2.20. The first-order chi connectivity index (χ1) is 10.5. The summed E-state index contributed by atoms with van der Waals surface area (Å²) in [6.07, 6.45) is 1.45. The van der Waals surface area contributed by atoms with E-state index in [1.54, 1.807) is 19.2 Å². The number of carbonyl (C=O) groups is 3. The molecule has 2 amide bonds. The van der Waals surface area contributed by atoms with Gasteiger partial charge in [0.15, 0.2) is 0 Å². The van der Waals surface area contributed by atoms with E-state index in [0.717, 1.165) is 18.5 Å². The second-order valence-electron chi connectivity index (χ2n) is 5.49. The molecule has 1 saturated heterocycles. The average Bonchev–Trinajstić information content (AvgIpc) is 2.90. The van der Waals surface area contributed by atoms with Crippen LogP contribution < -0.4 is 0 Å². The number of benzene rings is 1. The molecule has 0 radical (unpaired) electrons.